The Bertz CT molecular complexity index is 559. The molecule has 0 saturated carbocycles. The van der Waals surface area contributed by atoms with Crippen molar-refractivity contribution in [3.05, 3.63) is 48.4 Å². The Morgan fingerprint density at radius 2 is 1.68 bits per heavy atom. The summed E-state index contributed by atoms with van der Waals surface area (Å²) in [5.74, 6) is 0.337. The fraction of sp³-hybridized carbons (Fsp3) is 0.143. The zero-order valence-electron chi connectivity index (χ0n) is 10.5. The van der Waals surface area contributed by atoms with Crippen molar-refractivity contribution in [1.29, 1.82) is 0 Å². The first-order valence-corrected chi connectivity index (χ1v) is 5.83. The van der Waals surface area contributed by atoms with E-state index in [1.165, 1.54) is 13.2 Å². The molecule has 0 saturated heterocycles. The number of carbonyl (C=O) groups is 2. The van der Waals surface area contributed by atoms with E-state index in [1.54, 1.807) is 36.4 Å². The third-order valence-corrected chi connectivity index (χ3v) is 2.40. The Labute approximate surface area is 110 Å². The molecule has 2 N–H and O–H groups in total. The summed E-state index contributed by atoms with van der Waals surface area (Å²) < 4.78 is 5.10. The molecule has 0 atom stereocenters. The van der Waals surface area contributed by atoms with Crippen molar-refractivity contribution in [2.75, 3.05) is 10.6 Å². The first-order chi connectivity index (χ1) is 9.13. The number of rotatable bonds is 4. The van der Waals surface area contributed by atoms with Gasteiger partial charge in [0.2, 0.25) is 11.8 Å². The van der Waals surface area contributed by atoms with Crippen LogP contribution in [0.3, 0.4) is 0 Å². The van der Waals surface area contributed by atoms with Gasteiger partial charge in [0.05, 0.1) is 12.7 Å². The van der Waals surface area contributed by atoms with Gasteiger partial charge in [-0.1, -0.05) is 0 Å². The molecule has 2 amide bonds. The molecule has 0 aliphatic rings. The van der Waals surface area contributed by atoms with Crippen LogP contribution in [0.25, 0.3) is 0 Å². The Balaban J connectivity index is 1.92. The lowest BCUT2D eigenvalue weighted by atomic mass is 10.2. The summed E-state index contributed by atoms with van der Waals surface area (Å²) in [7, 11) is 0. The fourth-order valence-electron chi connectivity index (χ4n) is 1.62. The van der Waals surface area contributed by atoms with Crippen molar-refractivity contribution in [3.63, 3.8) is 0 Å². The molecule has 1 aromatic carbocycles. The van der Waals surface area contributed by atoms with E-state index in [0.29, 0.717) is 17.1 Å². The minimum absolute atomic E-state index is 0.130. The number of hydrogen-bond acceptors (Lipinski definition) is 3. The molecule has 0 aliphatic carbocycles. The van der Waals surface area contributed by atoms with Gasteiger partial charge in [0.15, 0.2) is 0 Å². The molecule has 1 aromatic heterocycles. The van der Waals surface area contributed by atoms with Crippen LogP contribution in [-0.2, 0) is 16.0 Å². The van der Waals surface area contributed by atoms with Crippen LogP contribution >= 0.6 is 0 Å². The minimum atomic E-state index is -0.151. The molecule has 0 unspecified atom stereocenters. The third-order valence-electron chi connectivity index (χ3n) is 2.40. The van der Waals surface area contributed by atoms with E-state index < -0.39 is 0 Å². The van der Waals surface area contributed by atoms with Crippen molar-refractivity contribution in [2.24, 2.45) is 0 Å². The van der Waals surface area contributed by atoms with E-state index >= 15 is 0 Å². The molecule has 0 aliphatic heterocycles. The highest BCUT2D eigenvalue weighted by Gasteiger charge is 2.06. The molecule has 2 rings (SSSR count). The first kappa shape index (κ1) is 12.9. The first-order valence-electron chi connectivity index (χ1n) is 5.83. The number of furan rings is 1. The second kappa shape index (κ2) is 5.86. The molecule has 1 heterocycles. The van der Waals surface area contributed by atoms with Crippen LogP contribution < -0.4 is 10.6 Å². The highest BCUT2D eigenvalue weighted by atomic mass is 16.3. The summed E-state index contributed by atoms with van der Waals surface area (Å²) in [4.78, 5) is 22.6. The average molecular weight is 258 g/mol. The third kappa shape index (κ3) is 3.99. The summed E-state index contributed by atoms with van der Waals surface area (Å²) in [5, 5.41) is 5.40. The highest BCUT2D eigenvalue weighted by Crippen LogP contribution is 2.14. The molecule has 5 nitrogen and oxygen atoms in total. The van der Waals surface area contributed by atoms with Gasteiger partial charge < -0.3 is 15.1 Å². The SMILES string of the molecule is CC(=O)Nc1ccc(NC(=O)Cc2ccco2)cc1. The highest BCUT2D eigenvalue weighted by molar-refractivity contribution is 5.93. The maximum Gasteiger partial charge on any atom is 0.231 e. The smallest absolute Gasteiger partial charge is 0.231 e. The van der Waals surface area contributed by atoms with Gasteiger partial charge in [-0.25, -0.2) is 0 Å². The number of hydrogen-bond donors (Lipinski definition) is 2. The summed E-state index contributed by atoms with van der Waals surface area (Å²) in [6, 6.07) is 10.4. The van der Waals surface area contributed by atoms with E-state index in [4.69, 9.17) is 4.42 Å². The Kier molecular flexibility index (Phi) is 3.97. The quantitative estimate of drug-likeness (QED) is 0.884. The Morgan fingerprint density at radius 1 is 1.05 bits per heavy atom. The van der Waals surface area contributed by atoms with Crippen LogP contribution in [0.4, 0.5) is 11.4 Å². The van der Waals surface area contributed by atoms with Gasteiger partial charge in [0.1, 0.15) is 5.76 Å². The van der Waals surface area contributed by atoms with Gasteiger partial charge in [-0.05, 0) is 36.4 Å². The summed E-state index contributed by atoms with van der Waals surface area (Å²) in [5.41, 5.74) is 1.36. The average Bonchev–Trinajstić information content (AvgIpc) is 2.83. The largest absolute Gasteiger partial charge is 0.469 e. The van der Waals surface area contributed by atoms with Gasteiger partial charge in [-0.15, -0.1) is 0 Å². The van der Waals surface area contributed by atoms with Crippen LogP contribution in [0.15, 0.2) is 47.1 Å². The van der Waals surface area contributed by atoms with E-state index in [-0.39, 0.29) is 18.2 Å². The van der Waals surface area contributed by atoms with Crippen LogP contribution in [0.2, 0.25) is 0 Å². The van der Waals surface area contributed by atoms with Crippen molar-refractivity contribution in [2.45, 2.75) is 13.3 Å². The maximum absolute atomic E-state index is 11.7. The number of carbonyl (C=O) groups excluding carboxylic acids is 2. The number of benzene rings is 1. The summed E-state index contributed by atoms with van der Waals surface area (Å²) in [6.07, 6.45) is 1.73. The lowest BCUT2D eigenvalue weighted by Gasteiger charge is -2.06. The van der Waals surface area contributed by atoms with Crippen molar-refractivity contribution in [3.8, 4) is 0 Å². The lowest BCUT2D eigenvalue weighted by molar-refractivity contribution is -0.116. The molecule has 2 aromatic rings. The lowest BCUT2D eigenvalue weighted by Crippen LogP contribution is -2.14. The van der Waals surface area contributed by atoms with Crippen molar-refractivity contribution < 1.29 is 14.0 Å². The number of amides is 2. The molecule has 0 spiro atoms. The van der Waals surface area contributed by atoms with E-state index in [0.717, 1.165) is 0 Å². The predicted molar refractivity (Wildman–Crippen MR) is 71.8 cm³/mol. The van der Waals surface area contributed by atoms with E-state index in [1.807, 2.05) is 0 Å². The van der Waals surface area contributed by atoms with Crippen molar-refractivity contribution in [1.82, 2.24) is 0 Å². The van der Waals surface area contributed by atoms with Gasteiger partial charge in [-0.3, -0.25) is 9.59 Å². The standard InChI is InChI=1S/C14H14N2O3/c1-10(17)15-11-4-6-12(7-5-11)16-14(18)9-13-3-2-8-19-13/h2-8H,9H2,1H3,(H,15,17)(H,16,18). The molecule has 0 fully saturated rings. The topological polar surface area (TPSA) is 71.3 Å². The summed E-state index contributed by atoms with van der Waals surface area (Å²) in [6.45, 7) is 1.44. The van der Waals surface area contributed by atoms with E-state index in [2.05, 4.69) is 10.6 Å². The molecule has 0 bridgehead atoms. The van der Waals surface area contributed by atoms with Gasteiger partial charge in [0.25, 0.3) is 0 Å². The van der Waals surface area contributed by atoms with Crippen LogP contribution in [0.5, 0.6) is 0 Å². The normalized spacial score (nSPS) is 9.95. The molecule has 0 radical (unpaired) electrons. The minimum Gasteiger partial charge on any atom is -0.469 e. The Morgan fingerprint density at radius 3 is 2.21 bits per heavy atom. The predicted octanol–water partition coefficient (Wildman–Crippen LogP) is 2.42. The van der Waals surface area contributed by atoms with Crippen LogP contribution in [0, 0.1) is 0 Å². The van der Waals surface area contributed by atoms with E-state index in [9.17, 15) is 9.59 Å². The molecular formula is C14H14N2O3. The van der Waals surface area contributed by atoms with Gasteiger partial charge in [0, 0.05) is 18.3 Å². The maximum atomic E-state index is 11.7. The van der Waals surface area contributed by atoms with Gasteiger partial charge in [-0.2, -0.15) is 0 Å². The molecule has 5 heteroatoms. The zero-order chi connectivity index (χ0) is 13.7. The second-order valence-corrected chi connectivity index (χ2v) is 4.06. The van der Waals surface area contributed by atoms with Gasteiger partial charge >= 0.3 is 0 Å². The second-order valence-electron chi connectivity index (χ2n) is 4.06. The molecular weight excluding hydrogens is 244 g/mol. The van der Waals surface area contributed by atoms with Crippen molar-refractivity contribution >= 4 is 23.2 Å². The molecule has 98 valence electrons. The monoisotopic (exact) mass is 258 g/mol. The summed E-state index contributed by atoms with van der Waals surface area (Å²) >= 11 is 0. The van der Waals surface area contributed by atoms with Crippen LogP contribution in [0.1, 0.15) is 12.7 Å². The van der Waals surface area contributed by atoms with Crippen LogP contribution in [-0.4, -0.2) is 11.8 Å². The number of nitrogens with one attached hydrogen (secondary N) is 2. The Hall–Kier alpha value is -2.56. The number of anilines is 2. The zero-order valence-corrected chi connectivity index (χ0v) is 10.5. The molecule has 19 heavy (non-hydrogen) atoms. The fourth-order valence-corrected chi connectivity index (χ4v) is 1.62.